The molecule has 0 N–H and O–H groups in total. The van der Waals surface area contributed by atoms with Crippen LogP contribution in [0.1, 0.15) is 26.2 Å². The lowest BCUT2D eigenvalue weighted by Gasteiger charge is -2.14. The number of carbonyl (C=O) groups excluding carboxylic acids is 3. The van der Waals surface area contributed by atoms with E-state index in [1.54, 1.807) is 6.92 Å². The number of nitrogens with zero attached hydrogens (tertiary/aromatic N) is 1. The Labute approximate surface area is 120 Å². The quantitative estimate of drug-likeness (QED) is 0.499. The average molecular weight is 321 g/mol. The molecule has 0 aromatic heterocycles. The third-order valence-corrected chi connectivity index (χ3v) is 6.51. The van der Waals surface area contributed by atoms with Crippen molar-refractivity contribution in [2.75, 3.05) is 12.4 Å². The summed E-state index contributed by atoms with van der Waals surface area (Å²) < 4.78 is 17.0. The van der Waals surface area contributed by atoms with Gasteiger partial charge in [-0.3, -0.25) is 14.2 Å². The van der Waals surface area contributed by atoms with Crippen molar-refractivity contribution in [1.82, 2.24) is 5.06 Å². The second-order valence-corrected chi connectivity index (χ2v) is 8.44. The maximum absolute atomic E-state index is 12.0. The fourth-order valence-electron chi connectivity index (χ4n) is 1.38. The van der Waals surface area contributed by atoms with E-state index >= 15 is 0 Å². The lowest BCUT2D eigenvalue weighted by atomic mass is 10.4. The Morgan fingerprint density at radius 2 is 2.05 bits per heavy atom. The number of amides is 2. The summed E-state index contributed by atoms with van der Waals surface area (Å²) in [5.41, 5.74) is 0. The van der Waals surface area contributed by atoms with Crippen LogP contribution in [0.3, 0.4) is 0 Å². The van der Waals surface area contributed by atoms with Crippen molar-refractivity contribution in [3.8, 4) is 0 Å². The minimum absolute atomic E-state index is 0.0524. The first-order chi connectivity index (χ1) is 9.41. The van der Waals surface area contributed by atoms with Gasteiger partial charge in [0, 0.05) is 24.4 Å². The van der Waals surface area contributed by atoms with Crippen molar-refractivity contribution < 1.29 is 28.3 Å². The van der Waals surface area contributed by atoms with Gasteiger partial charge >= 0.3 is 5.97 Å². The van der Waals surface area contributed by atoms with Gasteiger partial charge in [0.25, 0.3) is 18.4 Å². The smallest absolute Gasteiger partial charge is 0.330 e. The van der Waals surface area contributed by atoms with E-state index in [0.717, 1.165) is 11.4 Å². The third kappa shape index (κ3) is 4.77. The van der Waals surface area contributed by atoms with E-state index in [2.05, 4.69) is 11.4 Å². The molecule has 7 nitrogen and oxygen atoms in total. The SMILES string of the molecule is C=CP(=O)(OCC)SCCC(=O)ON1C(=O)CCC1=O. The predicted octanol–water partition coefficient (Wildman–Crippen LogP) is 2.09. The molecular weight excluding hydrogens is 305 g/mol. The molecule has 112 valence electrons. The molecule has 0 aromatic rings. The van der Waals surface area contributed by atoms with Gasteiger partial charge in [0.1, 0.15) is 0 Å². The number of carbonyl (C=O) groups is 3. The van der Waals surface area contributed by atoms with Gasteiger partial charge in [-0.25, -0.2) is 4.79 Å². The van der Waals surface area contributed by atoms with E-state index in [0.29, 0.717) is 5.06 Å². The number of hydroxylamine groups is 2. The summed E-state index contributed by atoms with van der Waals surface area (Å²) in [6.45, 7) is 2.42. The topological polar surface area (TPSA) is 90.0 Å². The van der Waals surface area contributed by atoms with Crippen LogP contribution in [0.4, 0.5) is 0 Å². The number of hydrogen-bond donors (Lipinski definition) is 0. The molecule has 1 unspecified atom stereocenters. The van der Waals surface area contributed by atoms with Crippen LogP contribution in [0, 0.1) is 0 Å². The van der Waals surface area contributed by atoms with Crippen LogP contribution in [0.5, 0.6) is 0 Å². The standard InChI is InChI=1S/C11H16NO6PS/c1-3-17-19(16,4-2)20-8-7-11(15)18-12-9(13)5-6-10(12)14/h4H,2-3,5-8H2,1H3. The molecule has 20 heavy (non-hydrogen) atoms. The Bertz CT molecular complexity index is 450. The van der Waals surface area contributed by atoms with Crippen LogP contribution in [0.25, 0.3) is 0 Å². The molecule has 0 spiro atoms. The monoisotopic (exact) mass is 321 g/mol. The molecule has 1 aliphatic heterocycles. The number of hydrogen-bond acceptors (Lipinski definition) is 7. The van der Waals surface area contributed by atoms with Gasteiger partial charge in [0.15, 0.2) is 0 Å². The molecule has 1 atom stereocenters. The van der Waals surface area contributed by atoms with Crippen LogP contribution in [-0.2, 0) is 28.3 Å². The first kappa shape index (κ1) is 16.9. The van der Waals surface area contributed by atoms with E-state index in [1.807, 2.05) is 0 Å². The molecule has 2 amide bonds. The Hall–Kier alpha value is -1.11. The highest BCUT2D eigenvalue weighted by Gasteiger charge is 2.32. The normalized spacial score (nSPS) is 17.9. The molecule has 1 heterocycles. The number of imide groups is 1. The Kier molecular flexibility index (Phi) is 6.45. The highest BCUT2D eigenvalue weighted by molar-refractivity contribution is 8.57. The van der Waals surface area contributed by atoms with Crippen molar-refractivity contribution in [3.63, 3.8) is 0 Å². The Balaban J connectivity index is 2.37. The maximum Gasteiger partial charge on any atom is 0.334 e. The highest BCUT2D eigenvalue weighted by atomic mass is 32.7. The second kappa shape index (κ2) is 7.61. The van der Waals surface area contributed by atoms with Crippen LogP contribution in [-0.4, -0.2) is 35.2 Å². The van der Waals surface area contributed by atoms with Crippen molar-refractivity contribution in [2.24, 2.45) is 0 Å². The van der Waals surface area contributed by atoms with Gasteiger partial charge < -0.3 is 9.36 Å². The first-order valence-corrected chi connectivity index (χ1v) is 9.29. The zero-order chi connectivity index (χ0) is 15.2. The van der Waals surface area contributed by atoms with Crippen molar-refractivity contribution >= 4 is 35.7 Å². The van der Waals surface area contributed by atoms with Crippen molar-refractivity contribution in [3.05, 3.63) is 12.4 Å². The Morgan fingerprint density at radius 3 is 2.55 bits per heavy atom. The average Bonchev–Trinajstić information content (AvgIpc) is 2.71. The zero-order valence-corrected chi connectivity index (χ0v) is 12.8. The molecule has 1 aliphatic rings. The van der Waals surface area contributed by atoms with Gasteiger partial charge in [-0.05, 0) is 6.92 Å². The first-order valence-electron chi connectivity index (χ1n) is 6.01. The fraction of sp³-hybridized carbons (Fsp3) is 0.545. The molecule has 0 bridgehead atoms. The van der Waals surface area contributed by atoms with Crippen LogP contribution in [0.2, 0.25) is 0 Å². The third-order valence-electron chi connectivity index (χ3n) is 2.31. The molecular formula is C11H16NO6PS. The lowest BCUT2D eigenvalue weighted by Crippen LogP contribution is -2.32. The molecule has 1 saturated heterocycles. The molecule has 1 fully saturated rings. The van der Waals surface area contributed by atoms with Crippen LogP contribution >= 0.6 is 18.0 Å². The van der Waals surface area contributed by atoms with E-state index in [-0.39, 0.29) is 31.6 Å². The van der Waals surface area contributed by atoms with Gasteiger partial charge in [-0.2, -0.15) is 0 Å². The highest BCUT2D eigenvalue weighted by Crippen LogP contribution is 2.60. The summed E-state index contributed by atoms with van der Waals surface area (Å²) in [6, 6.07) is 0. The summed E-state index contributed by atoms with van der Waals surface area (Å²) >= 11 is 0.962. The maximum atomic E-state index is 12.0. The minimum atomic E-state index is -2.99. The van der Waals surface area contributed by atoms with E-state index < -0.39 is 24.4 Å². The fourth-order valence-corrected chi connectivity index (χ4v) is 4.44. The largest absolute Gasteiger partial charge is 0.334 e. The van der Waals surface area contributed by atoms with Gasteiger partial charge in [0.2, 0.25) is 0 Å². The van der Waals surface area contributed by atoms with E-state index in [4.69, 9.17) is 4.52 Å². The zero-order valence-electron chi connectivity index (χ0n) is 11.1. The van der Waals surface area contributed by atoms with Gasteiger partial charge in [0.05, 0.1) is 13.0 Å². The molecule has 9 heteroatoms. The summed E-state index contributed by atoms with van der Waals surface area (Å²) in [5, 5.41) is 0.489. The molecule has 0 aromatic carbocycles. The van der Waals surface area contributed by atoms with Gasteiger partial charge in [-0.1, -0.05) is 18.0 Å². The predicted molar refractivity (Wildman–Crippen MR) is 73.7 cm³/mol. The summed E-state index contributed by atoms with van der Waals surface area (Å²) in [6.07, 6.45) is 0.0143. The molecule has 1 rings (SSSR count). The lowest BCUT2D eigenvalue weighted by molar-refractivity contribution is -0.197. The summed E-state index contributed by atoms with van der Waals surface area (Å²) in [4.78, 5) is 38.6. The second-order valence-electron chi connectivity index (χ2n) is 3.77. The summed E-state index contributed by atoms with van der Waals surface area (Å²) in [5.74, 6) is -0.379. The Morgan fingerprint density at radius 1 is 1.45 bits per heavy atom. The van der Waals surface area contributed by atoms with Crippen molar-refractivity contribution in [2.45, 2.75) is 26.2 Å². The number of rotatable bonds is 8. The van der Waals surface area contributed by atoms with Crippen LogP contribution < -0.4 is 0 Å². The molecule has 0 saturated carbocycles. The van der Waals surface area contributed by atoms with E-state index in [1.165, 1.54) is 5.82 Å². The minimum Gasteiger partial charge on any atom is -0.330 e. The summed E-state index contributed by atoms with van der Waals surface area (Å²) in [7, 11) is 0. The molecule has 0 radical (unpaired) electrons. The van der Waals surface area contributed by atoms with Crippen molar-refractivity contribution in [1.29, 1.82) is 0 Å². The van der Waals surface area contributed by atoms with Gasteiger partial charge in [-0.15, -0.1) is 5.06 Å². The van der Waals surface area contributed by atoms with Crippen LogP contribution in [0.15, 0.2) is 12.4 Å². The van der Waals surface area contributed by atoms with E-state index in [9.17, 15) is 18.9 Å². The molecule has 0 aliphatic carbocycles.